The van der Waals surface area contributed by atoms with Gasteiger partial charge >= 0.3 is 0 Å². The Labute approximate surface area is 205 Å². The number of rotatable bonds is 7. The van der Waals surface area contributed by atoms with E-state index in [1.165, 1.54) is 0 Å². The van der Waals surface area contributed by atoms with Crippen LogP contribution in [0.25, 0.3) is 6.08 Å². The normalized spacial score (nSPS) is 14.4. The van der Waals surface area contributed by atoms with E-state index in [4.69, 9.17) is 15.9 Å². The number of nitrogens with one attached hydrogen (secondary N) is 1. The van der Waals surface area contributed by atoms with Crippen molar-refractivity contribution in [1.82, 2.24) is 4.90 Å². The van der Waals surface area contributed by atoms with E-state index in [0.717, 1.165) is 16.7 Å². The van der Waals surface area contributed by atoms with Crippen molar-refractivity contribution in [3.63, 3.8) is 0 Å². The molecule has 1 saturated heterocycles. The van der Waals surface area contributed by atoms with Crippen molar-refractivity contribution in [2.45, 2.75) is 0 Å². The number of amides is 3. The second-order valence-electron chi connectivity index (χ2n) is 6.35. The van der Waals surface area contributed by atoms with Gasteiger partial charge in [-0.3, -0.25) is 19.3 Å². The highest BCUT2D eigenvalue weighted by Crippen LogP contribution is 2.37. The van der Waals surface area contributed by atoms with E-state index in [1.54, 1.807) is 49.6 Å². The maximum atomic E-state index is 12.7. The molecule has 2 aromatic carbocycles. The lowest BCUT2D eigenvalue weighted by atomic mass is 10.2. The molecule has 7 nitrogen and oxygen atoms in total. The number of ether oxygens (including phenoxy) is 2. The van der Waals surface area contributed by atoms with Crippen LogP contribution in [0, 0.1) is 12.3 Å². The van der Waals surface area contributed by atoms with Crippen molar-refractivity contribution in [1.29, 1.82) is 0 Å². The highest BCUT2D eigenvalue weighted by molar-refractivity contribution is 9.11. The van der Waals surface area contributed by atoms with Crippen molar-refractivity contribution in [2.24, 2.45) is 0 Å². The Morgan fingerprint density at radius 3 is 2.47 bits per heavy atom. The first kappa shape index (κ1) is 23.9. The SMILES string of the molecule is C#CCOc1c(Br)cc(/C=C2/SC(=O)N(CC(=O)Nc3ccc(OC)cc3)C2=O)cc1Br. The van der Waals surface area contributed by atoms with Gasteiger partial charge in [-0.2, -0.15) is 0 Å². The average Bonchev–Trinajstić information content (AvgIpc) is 3.01. The Kier molecular flexibility index (Phi) is 8.01. The summed E-state index contributed by atoms with van der Waals surface area (Å²) in [5.74, 6) is 2.54. The minimum atomic E-state index is -0.537. The number of carbonyl (C=O) groups excluding carboxylic acids is 3. The van der Waals surface area contributed by atoms with E-state index in [1.807, 2.05) is 0 Å². The van der Waals surface area contributed by atoms with Crippen molar-refractivity contribution >= 4 is 72.4 Å². The molecule has 1 heterocycles. The first-order chi connectivity index (χ1) is 15.3. The Hall–Kier alpha value is -2.74. The molecular weight excluding hydrogens is 564 g/mol. The second-order valence-corrected chi connectivity index (χ2v) is 9.05. The highest BCUT2D eigenvalue weighted by Gasteiger charge is 2.36. The summed E-state index contributed by atoms with van der Waals surface area (Å²) < 4.78 is 11.8. The van der Waals surface area contributed by atoms with Gasteiger partial charge < -0.3 is 14.8 Å². The molecule has 1 aliphatic heterocycles. The summed E-state index contributed by atoms with van der Waals surface area (Å²) in [6, 6.07) is 10.2. The highest BCUT2D eigenvalue weighted by atomic mass is 79.9. The molecule has 2 aromatic rings. The Morgan fingerprint density at radius 1 is 1.22 bits per heavy atom. The second kappa shape index (κ2) is 10.7. The molecule has 1 aliphatic rings. The largest absolute Gasteiger partial charge is 0.497 e. The van der Waals surface area contributed by atoms with Crippen molar-refractivity contribution in [2.75, 3.05) is 25.6 Å². The van der Waals surface area contributed by atoms with Gasteiger partial charge in [0.05, 0.1) is 21.0 Å². The first-order valence-corrected chi connectivity index (χ1v) is 11.5. The maximum Gasteiger partial charge on any atom is 0.294 e. The van der Waals surface area contributed by atoms with E-state index >= 15 is 0 Å². The van der Waals surface area contributed by atoms with Crippen LogP contribution in [0.3, 0.4) is 0 Å². The first-order valence-electron chi connectivity index (χ1n) is 9.07. The van der Waals surface area contributed by atoms with Crippen LogP contribution in [0.4, 0.5) is 10.5 Å². The fourth-order valence-corrected chi connectivity index (χ4v) is 5.01. The lowest BCUT2D eigenvalue weighted by Crippen LogP contribution is -2.36. The summed E-state index contributed by atoms with van der Waals surface area (Å²) >= 11 is 7.59. The number of benzene rings is 2. The topological polar surface area (TPSA) is 84.9 Å². The zero-order valence-electron chi connectivity index (χ0n) is 16.7. The quantitative estimate of drug-likeness (QED) is 0.371. The number of imide groups is 1. The van der Waals surface area contributed by atoms with Crippen LogP contribution in [-0.2, 0) is 9.59 Å². The summed E-state index contributed by atoms with van der Waals surface area (Å²) in [6.07, 6.45) is 6.80. The van der Waals surface area contributed by atoms with Crippen LogP contribution in [0.15, 0.2) is 50.2 Å². The van der Waals surface area contributed by atoms with E-state index in [9.17, 15) is 14.4 Å². The fourth-order valence-electron chi connectivity index (χ4n) is 2.72. The van der Waals surface area contributed by atoms with E-state index in [2.05, 4.69) is 43.1 Å². The van der Waals surface area contributed by atoms with Crippen LogP contribution in [0.1, 0.15) is 5.56 Å². The van der Waals surface area contributed by atoms with Gasteiger partial charge in [0, 0.05) is 5.69 Å². The number of carbonyl (C=O) groups is 3. The average molecular weight is 580 g/mol. The number of nitrogens with zero attached hydrogens (tertiary/aromatic N) is 1. The molecule has 0 atom stereocenters. The number of hydrogen-bond acceptors (Lipinski definition) is 6. The van der Waals surface area contributed by atoms with Gasteiger partial charge in [-0.05, 0) is 91.7 Å². The number of hydrogen-bond donors (Lipinski definition) is 1. The van der Waals surface area contributed by atoms with Crippen molar-refractivity contribution in [3.05, 3.63) is 55.8 Å². The van der Waals surface area contributed by atoms with E-state index < -0.39 is 17.1 Å². The molecule has 0 unspecified atom stereocenters. The number of halogens is 2. The van der Waals surface area contributed by atoms with Gasteiger partial charge in [0.2, 0.25) is 5.91 Å². The van der Waals surface area contributed by atoms with Crippen molar-refractivity contribution in [3.8, 4) is 23.8 Å². The van der Waals surface area contributed by atoms with Crippen molar-refractivity contribution < 1.29 is 23.9 Å². The lowest BCUT2D eigenvalue weighted by Gasteiger charge is -2.12. The zero-order valence-corrected chi connectivity index (χ0v) is 20.7. The molecule has 164 valence electrons. The predicted octanol–water partition coefficient (Wildman–Crippen LogP) is 4.91. The molecule has 0 bridgehead atoms. The number of methoxy groups -OCH3 is 1. The van der Waals surface area contributed by atoms with Crippen LogP contribution < -0.4 is 14.8 Å². The van der Waals surface area contributed by atoms with E-state index in [0.29, 0.717) is 31.7 Å². The zero-order chi connectivity index (χ0) is 23.3. The van der Waals surface area contributed by atoms with Crippen LogP contribution in [0.5, 0.6) is 11.5 Å². The third-order valence-corrected chi connectivity index (χ3v) is 6.25. The molecule has 1 N–H and O–H groups in total. The molecule has 1 fully saturated rings. The summed E-state index contributed by atoms with van der Waals surface area (Å²) in [4.78, 5) is 38.5. The molecule has 0 saturated carbocycles. The maximum absolute atomic E-state index is 12.7. The molecule has 0 aromatic heterocycles. The Balaban J connectivity index is 1.70. The molecule has 0 spiro atoms. The number of anilines is 1. The van der Waals surface area contributed by atoms with Crippen LogP contribution >= 0.6 is 43.6 Å². The molecule has 0 radical (unpaired) electrons. The number of thioether (sulfide) groups is 1. The smallest absolute Gasteiger partial charge is 0.294 e. The standard InChI is InChI=1S/C22H16Br2N2O5S/c1-3-8-31-20-16(23)9-13(10-17(20)24)11-18-21(28)26(22(29)32-18)12-19(27)25-14-4-6-15(30-2)7-5-14/h1,4-7,9-11H,8,12H2,2H3,(H,25,27)/b18-11+. The molecule has 3 rings (SSSR count). The van der Waals surface area contributed by atoms with Crippen LogP contribution in [-0.4, -0.2) is 42.2 Å². The molecule has 0 aliphatic carbocycles. The molecular formula is C22H16Br2N2O5S. The third-order valence-electron chi connectivity index (χ3n) is 4.17. The lowest BCUT2D eigenvalue weighted by molar-refractivity contribution is -0.127. The predicted molar refractivity (Wildman–Crippen MR) is 130 cm³/mol. The minimum absolute atomic E-state index is 0.105. The summed E-state index contributed by atoms with van der Waals surface area (Å²) in [6.45, 7) is -0.283. The molecule has 10 heteroatoms. The minimum Gasteiger partial charge on any atom is -0.497 e. The van der Waals surface area contributed by atoms with Gasteiger partial charge in [0.15, 0.2) is 0 Å². The summed E-state index contributed by atoms with van der Waals surface area (Å²) in [5, 5.41) is 2.14. The molecule has 3 amide bonds. The summed E-state index contributed by atoms with van der Waals surface area (Å²) in [5.41, 5.74) is 1.19. The van der Waals surface area contributed by atoms with Gasteiger partial charge in [0.25, 0.3) is 11.1 Å². The van der Waals surface area contributed by atoms with E-state index in [-0.39, 0.29) is 18.1 Å². The van der Waals surface area contributed by atoms with Gasteiger partial charge in [0.1, 0.15) is 24.7 Å². The van der Waals surface area contributed by atoms with Gasteiger partial charge in [-0.1, -0.05) is 5.92 Å². The third kappa shape index (κ3) is 5.73. The fraction of sp³-hybridized carbons (Fsp3) is 0.136. The Morgan fingerprint density at radius 2 is 1.88 bits per heavy atom. The van der Waals surface area contributed by atoms with Gasteiger partial charge in [-0.15, -0.1) is 6.42 Å². The molecule has 32 heavy (non-hydrogen) atoms. The number of terminal acetylenes is 1. The van der Waals surface area contributed by atoms with Crippen LogP contribution in [0.2, 0.25) is 0 Å². The Bertz CT molecular complexity index is 1120. The summed E-state index contributed by atoms with van der Waals surface area (Å²) in [7, 11) is 1.54. The van der Waals surface area contributed by atoms with Gasteiger partial charge in [-0.25, -0.2) is 0 Å². The monoisotopic (exact) mass is 578 g/mol.